The molecule has 0 unspecified atom stereocenters. The van der Waals surface area contributed by atoms with Gasteiger partial charge in [0.15, 0.2) is 22.4 Å². The molecule has 2 amide bonds. The summed E-state index contributed by atoms with van der Waals surface area (Å²) in [5.41, 5.74) is 4.07. The Hall–Kier alpha value is -3.34. The number of nitrogens with zero attached hydrogens (tertiary/aromatic N) is 1. The van der Waals surface area contributed by atoms with Crippen molar-refractivity contribution in [2.75, 3.05) is 30.5 Å². The molecule has 1 saturated heterocycles. The van der Waals surface area contributed by atoms with Gasteiger partial charge in [-0.2, -0.15) is 0 Å². The van der Waals surface area contributed by atoms with E-state index in [9.17, 15) is 9.59 Å². The molecule has 0 radical (unpaired) electrons. The minimum absolute atomic E-state index is 0.189. The molecule has 0 atom stereocenters. The Morgan fingerprint density at radius 3 is 2.38 bits per heavy atom. The number of hydrogen-bond acceptors (Lipinski definition) is 7. The highest BCUT2D eigenvalue weighted by Crippen LogP contribution is 2.37. The van der Waals surface area contributed by atoms with Crippen LogP contribution in [0.2, 0.25) is 0 Å². The molecular formula is C29H27BrN2O5S2. The highest BCUT2D eigenvalue weighted by atomic mass is 79.9. The zero-order chi connectivity index (χ0) is 28.1. The highest BCUT2D eigenvalue weighted by Gasteiger charge is 2.33. The van der Waals surface area contributed by atoms with Crippen molar-refractivity contribution in [1.82, 2.24) is 0 Å². The average Bonchev–Trinajstić information content (AvgIpc) is 3.18. The molecule has 4 rings (SSSR count). The van der Waals surface area contributed by atoms with E-state index in [1.807, 2.05) is 57.2 Å². The number of hydrogen-bond donors (Lipinski definition) is 1. The van der Waals surface area contributed by atoms with Gasteiger partial charge < -0.3 is 19.5 Å². The summed E-state index contributed by atoms with van der Waals surface area (Å²) in [6, 6.07) is 16.4. The van der Waals surface area contributed by atoms with Crippen molar-refractivity contribution in [3.63, 3.8) is 0 Å². The van der Waals surface area contributed by atoms with E-state index in [0.29, 0.717) is 33.0 Å². The molecule has 0 aromatic heterocycles. The summed E-state index contributed by atoms with van der Waals surface area (Å²) in [6.45, 7) is 6.16. The molecule has 1 aliphatic heterocycles. The molecule has 39 heavy (non-hydrogen) atoms. The van der Waals surface area contributed by atoms with E-state index in [2.05, 4.69) is 21.2 Å². The molecule has 3 aromatic carbocycles. The number of carbonyl (C=O) groups is 2. The molecule has 1 aliphatic rings. The van der Waals surface area contributed by atoms with Gasteiger partial charge in [-0.05, 0) is 92.1 Å². The van der Waals surface area contributed by atoms with Gasteiger partial charge in [-0.1, -0.05) is 46.0 Å². The van der Waals surface area contributed by atoms with Crippen LogP contribution in [0, 0.1) is 13.8 Å². The second kappa shape index (κ2) is 12.7. The molecule has 3 aromatic rings. The third-order valence-corrected chi connectivity index (χ3v) is 7.57. The summed E-state index contributed by atoms with van der Waals surface area (Å²) in [7, 11) is 1.52. The molecular weight excluding hydrogens is 600 g/mol. The predicted molar refractivity (Wildman–Crippen MR) is 164 cm³/mol. The summed E-state index contributed by atoms with van der Waals surface area (Å²) < 4.78 is 18.1. The van der Waals surface area contributed by atoms with Crippen LogP contribution >= 0.6 is 39.9 Å². The van der Waals surface area contributed by atoms with Crippen molar-refractivity contribution in [3.05, 3.63) is 80.7 Å². The fourth-order valence-corrected chi connectivity index (χ4v) is 6.01. The quantitative estimate of drug-likeness (QED) is 0.204. The lowest BCUT2D eigenvalue weighted by Crippen LogP contribution is -2.27. The van der Waals surface area contributed by atoms with Crippen LogP contribution in [0.15, 0.2) is 64.0 Å². The topological polar surface area (TPSA) is 77.1 Å². The molecule has 10 heteroatoms. The number of rotatable bonds is 9. The molecule has 1 N–H and O–H groups in total. The summed E-state index contributed by atoms with van der Waals surface area (Å²) in [5, 5.41) is 2.91. The zero-order valence-electron chi connectivity index (χ0n) is 21.9. The molecule has 1 fully saturated rings. The van der Waals surface area contributed by atoms with Crippen LogP contribution in [0.5, 0.6) is 17.2 Å². The van der Waals surface area contributed by atoms with Crippen molar-refractivity contribution in [2.45, 2.75) is 20.8 Å². The number of thioether (sulfide) groups is 1. The molecule has 0 aliphatic carbocycles. The van der Waals surface area contributed by atoms with E-state index in [0.717, 1.165) is 32.6 Å². The predicted octanol–water partition coefficient (Wildman–Crippen LogP) is 6.90. The third kappa shape index (κ3) is 6.81. The lowest BCUT2D eigenvalue weighted by atomic mass is 10.1. The lowest BCUT2D eigenvalue weighted by molar-refractivity contribution is -0.118. The average molecular weight is 628 g/mol. The van der Waals surface area contributed by atoms with Crippen LogP contribution in [0.1, 0.15) is 23.6 Å². The normalized spacial score (nSPS) is 14.1. The molecule has 0 spiro atoms. The largest absolute Gasteiger partial charge is 0.494 e. The third-order valence-electron chi connectivity index (χ3n) is 5.81. The fourth-order valence-electron chi connectivity index (χ4n) is 4.02. The highest BCUT2D eigenvalue weighted by molar-refractivity contribution is 9.10. The molecule has 0 saturated carbocycles. The van der Waals surface area contributed by atoms with Crippen LogP contribution in [-0.4, -0.2) is 36.5 Å². The van der Waals surface area contributed by atoms with Gasteiger partial charge in [-0.25, -0.2) is 0 Å². The SMILES string of the molecule is CCOc1ccc(N2C(=O)/C(=C/c3ccc(OCC(=O)Nc4c(C)cc(Br)cc4C)c(OC)c3)SC2=S)cc1. The number of anilines is 2. The number of thiocarbonyl (C=S) groups is 1. The second-order valence-corrected chi connectivity index (χ2v) is 11.2. The van der Waals surface area contributed by atoms with Gasteiger partial charge in [-0.15, -0.1) is 0 Å². The maximum absolute atomic E-state index is 13.2. The van der Waals surface area contributed by atoms with Crippen LogP contribution < -0.4 is 24.4 Å². The minimum atomic E-state index is -0.285. The van der Waals surface area contributed by atoms with E-state index >= 15 is 0 Å². The van der Waals surface area contributed by atoms with Gasteiger partial charge in [0.1, 0.15) is 5.75 Å². The Kier molecular flexibility index (Phi) is 9.32. The first-order valence-electron chi connectivity index (χ1n) is 12.1. The molecule has 202 valence electrons. The van der Waals surface area contributed by atoms with Crippen molar-refractivity contribution in [3.8, 4) is 17.2 Å². The smallest absolute Gasteiger partial charge is 0.270 e. The molecule has 1 heterocycles. The number of carbonyl (C=O) groups excluding carboxylic acids is 2. The maximum Gasteiger partial charge on any atom is 0.270 e. The Morgan fingerprint density at radius 1 is 1.05 bits per heavy atom. The number of ether oxygens (including phenoxy) is 3. The minimum Gasteiger partial charge on any atom is -0.494 e. The van der Waals surface area contributed by atoms with E-state index in [1.54, 1.807) is 24.3 Å². The van der Waals surface area contributed by atoms with Gasteiger partial charge in [0, 0.05) is 10.2 Å². The summed E-state index contributed by atoms with van der Waals surface area (Å²) in [6.07, 6.45) is 1.76. The standard InChI is InChI=1S/C29H27BrN2O5S2/c1-5-36-22-9-7-21(8-10-22)32-28(34)25(39-29(32)38)15-19-6-11-23(24(14-19)35-4)37-16-26(33)31-27-17(2)12-20(30)13-18(27)3/h6-15H,5,16H2,1-4H3,(H,31,33)/b25-15-. The van der Waals surface area contributed by atoms with Crippen LogP contribution in [0.4, 0.5) is 11.4 Å². The van der Waals surface area contributed by atoms with Crippen LogP contribution in [0.25, 0.3) is 6.08 Å². The Labute approximate surface area is 245 Å². The van der Waals surface area contributed by atoms with E-state index in [4.69, 9.17) is 26.4 Å². The fraction of sp³-hybridized carbons (Fsp3) is 0.207. The monoisotopic (exact) mass is 626 g/mol. The summed E-state index contributed by atoms with van der Waals surface area (Å²) in [4.78, 5) is 27.7. The van der Waals surface area contributed by atoms with E-state index in [1.165, 1.54) is 23.8 Å². The first-order valence-corrected chi connectivity index (χ1v) is 14.1. The zero-order valence-corrected chi connectivity index (χ0v) is 25.1. The Bertz CT molecular complexity index is 1430. The van der Waals surface area contributed by atoms with Crippen molar-refractivity contribution < 1.29 is 23.8 Å². The van der Waals surface area contributed by atoms with Gasteiger partial charge in [0.25, 0.3) is 11.8 Å². The van der Waals surface area contributed by atoms with Crippen LogP contribution in [0.3, 0.4) is 0 Å². The first kappa shape index (κ1) is 28.7. The van der Waals surface area contributed by atoms with Gasteiger partial charge in [0.05, 0.1) is 24.3 Å². The van der Waals surface area contributed by atoms with Gasteiger partial charge in [-0.3, -0.25) is 14.5 Å². The number of nitrogens with one attached hydrogen (secondary N) is 1. The lowest BCUT2D eigenvalue weighted by Gasteiger charge is -2.15. The Balaban J connectivity index is 1.44. The Morgan fingerprint density at radius 2 is 1.74 bits per heavy atom. The number of methoxy groups -OCH3 is 1. The van der Waals surface area contributed by atoms with Gasteiger partial charge in [0.2, 0.25) is 0 Å². The summed E-state index contributed by atoms with van der Waals surface area (Å²) >= 11 is 10.2. The maximum atomic E-state index is 13.2. The number of benzene rings is 3. The van der Waals surface area contributed by atoms with E-state index < -0.39 is 0 Å². The number of amides is 2. The first-order chi connectivity index (χ1) is 18.7. The van der Waals surface area contributed by atoms with Crippen molar-refractivity contribution in [1.29, 1.82) is 0 Å². The number of halogens is 1. The second-order valence-electron chi connectivity index (χ2n) is 8.61. The molecule has 7 nitrogen and oxygen atoms in total. The summed E-state index contributed by atoms with van der Waals surface area (Å²) in [5.74, 6) is 1.09. The number of aryl methyl sites for hydroxylation is 2. The van der Waals surface area contributed by atoms with Gasteiger partial charge >= 0.3 is 0 Å². The van der Waals surface area contributed by atoms with Crippen molar-refractivity contribution in [2.24, 2.45) is 0 Å². The molecule has 0 bridgehead atoms. The van der Waals surface area contributed by atoms with Crippen LogP contribution in [-0.2, 0) is 9.59 Å². The van der Waals surface area contributed by atoms with E-state index in [-0.39, 0.29) is 18.4 Å². The van der Waals surface area contributed by atoms with Crippen molar-refractivity contribution >= 4 is 73.5 Å².